The molecule has 1 N–H and O–H groups in total. The van der Waals surface area contributed by atoms with E-state index >= 15 is 0 Å². The summed E-state index contributed by atoms with van der Waals surface area (Å²) in [4.78, 5) is 69.5. The predicted molar refractivity (Wildman–Crippen MR) is 319 cm³/mol. The molecule has 14 heteroatoms. The molecule has 8 nitrogen and oxygen atoms in total. The molecule has 0 unspecified atom stereocenters. The molecule has 6 aromatic carbocycles. The van der Waals surface area contributed by atoms with E-state index in [1.807, 2.05) is 42.5 Å². The van der Waals surface area contributed by atoms with Crippen LogP contribution in [0.4, 0.5) is 31.9 Å². The summed E-state index contributed by atoms with van der Waals surface area (Å²) in [6.45, 7) is 11.6. The molecule has 4 aromatic heterocycles. The molecule has 0 radical (unpaired) electrons. The van der Waals surface area contributed by atoms with Crippen molar-refractivity contribution in [2.75, 3.05) is 16.4 Å². The molecular weight excluding hydrogens is 1240 g/mol. The number of carbonyl (C=O) groups excluding carboxylic acids is 5. The molecule has 376 valence electrons. The van der Waals surface area contributed by atoms with E-state index < -0.39 is 16.1 Å². The van der Waals surface area contributed by atoms with Gasteiger partial charge in [-0.1, -0.05) is 0 Å². The summed E-state index contributed by atoms with van der Waals surface area (Å²) in [6, 6.07) is 55.1. The van der Waals surface area contributed by atoms with Crippen molar-refractivity contribution in [3.63, 3.8) is 0 Å². The Balaban J connectivity index is 0.000000131. The zero-order chi connectivity index (χ0) is 53.0. The third-order valence-electron chi connectivity index (χ3n) is 14.4. The van der Waals surface area contributed by atoms with Gasteiger partial charge in [0.1, 0.15) is 0 Å². The minimum absolute atomic E-state index is 0.0181. The Kier molecular flexibility index (Phi) is 14.4. The number of benzene rings is 6. The van der Waals surface area contributed by atoms with Crippen LogP contribution in [0.3, 0.4) is 0 Å². The number of aliphatic hydroxyl groups excluding tert-OH is 1. The van der Waals surface area contributed by atoms with Crippen LogP contribution in [0.15, 0.2) is 173 Å². The van der Waals surface area contributed by atoms with Crippen molar-refractivity contribution in [3.8, 4) is 0 Å². The summed E-state index contributed by atoms with van der Waals surface area (Å²) in [5.74, 6) is -0.319. The topological polar surface area (TPSA) is 112 Å². The summed E-state index contributed by atoms with van der Waals surface area (Å²) in [5.41, 5.74) is 7.78. The zero-order valence-corrected chi connectivity index (χ0v) is 51.1. The quantitative estimate of drug-likeness (QED) is 0.0610. The monoisotopic (exact) mass is 1290 g/mol. The molecule has 76 heavy (non-hydrogen) atoms. The van der Waals surface area contributed by atoms with Crippen LogP contribution in [0.2, 0.25) is 26.2 Å². The second-order valence-electron chi connectivity index (χ2n) is 19.7. The average Bonchev–Trinajstić information content (AvgIpc) is 4.34. The first-order valence-corrected chi connectivity index (χ1v) is 38.0. The first-order valence-electron chi connectivity index (χ1n) is 24.9. The van der Waals surface area contributed by atoms with Gasteiger partial charge in [-0.05, 0) is 6.92 Å². The Labute approximate surface area is 467 Å². The maximum atomic E-state index is 13.2. The molecular formula is C62H50N2O6Se4Si2. The number of Topliss-reactive ketones (excluding diaryl/α,β-unsaturated/α-hetero) is 4. The van der Waals surface area contributed by atoms with Gasteiger partial charge in [0, 0.05) is 6.61 Å². The summed E-state index contributed by atoms with van der Waals surface area (Å²) < 4.78 is 6.83. The van der Waals surface area contributed by atoms with Gasteiger partial charge in [0.25, 0.3) is 0 Å². The van der Waals surface area contributed by atoms with Gasteiger partial charge < -0.3 is 5.11 Å². The number of allylic oxidation sites excluding steroid dienone is 1. The number of anilines is 6. The van der Waals surface area contributed by atoms with Gasteiger partial charge in [-0.15, -0.1) is 0 Å². The van der Waals surface area contributed by atoms with Gasteiger partial charge >= 0.3 is 452 Å². The second kappa shape index (κ2) is 21.0. The molecule has 0 saturated carbocycles. The number of hydrogen-bond acceptors (Lipinski definition) is 8. The summed E-state index contributed by atoms with van der Waals surface area (Å²) in [7, 11) is -3.52. The van der Waals surface area contributed by atoms with E-state index in [1.165, 1.54) is 61.1 Å². The fourth-order valence-corrected chi connectivity index (χ4v) is 23.9. The van der Waals surface area contributed by atoms with Crippen molar-refractivity contribution in [1.29, 1.82) is 0 Å². The molecule has 0 fully saturated rings. The molecule has 0 spiro atoms. The molecule has 2 aliphatic heterocycles. The van der Waals surface area contributed by atoms with E-state index in [4.69, 9.17) is 5.11 Å². The van der Waals surface area contributed by atoms with Crippen LogP contribution in [0.5, 0.6) is 0 Å². The third-order valence-corrected chi connectivity index (χ3v) is 29.4. The van der Waals surface area contributed by atoms with Gasteiger partial charge in [-0.2, -0.15) is 0 Å². The Hall–Kier alpha value is -6.08. The fraction of sp³-hybridized carbons (Fsp3) is 0.113. The Morgan fingerprint density at radius 2 is 0.868 bits per heavy atom. The molecule has 6 heterocycles. The van der Waals surface area contributed by atoms with E-state index in [2.05, 4.69) is 167 Å². The predicted octanol–water partition coefficient (Wildman–Crippen LogP) is 9.85. The molecule has 0 amide bonds. The molecule has 4 aliphatic rings. The first-order chi connectivity index (χ1) is 36.7. The first kappa shape index (κ1) is 52.0. The molecule has 14 rings (SSSR count). The fourth-order valence-electron chi connectivity index (χ4n) is 10.7. The average molecular weight is 1290 g/mol. The number of hydrogen-bond donors (Lipinski definition) is 1. The number of aldehydes is 1. The summed E-state index contributed by atoms with van der Waals surface area (Å²) in [6.07, 6.45) is 2.90. The molecule has 10 aromatic rings. The van der Waals surface area contributed by atoms with Gasteiger partial charge in [-0.3, -0.25) is 0 Å². The van der Waals surface area contributed by atoms with Gasteiger partial charge in [0.15, 0.2) is 0 Å². The van der Waals surface area contributed by atoms with E-state index in [-0.39, 0.29) is 79.7 Å². The van der Waals surface area contributed by atoms with Crippen LogP contribution in [-0.2, 0) is 0 Å². The Morgan fingerprint density at radius 3 is 1.30 bits per heavy atom. The van der Waals surface area contributed by atoms with Crippen LogP contribution in [0, 0.1) is 0 Å². The van der Waals surface area contributed by atoms with Gasteiger partial charge in [0.2, 0.25) is 0 Å². The number of fused-ring (bicyclic) bond motifs is 8. The SMILES string of the molecule is CCO.C[Si]1(C)c2ccccc2N(c2ccc(/C=C3/C(=O)c4cc5cc[se]c5cc4C3=O)[se]2)c2ccccc21.C[Si]1(C)c2ccccc2N(c2ccc(C=O)[se]2)c2ccccc21.O=C1CC(=O)c2cc3[se]ccc3cc21. The van der Waals surface area contributed by atoms with E-state index in [0.29, 0.717) is 42.3 Å². The van der Waals surface area contributed by atoms with E-state index in [0.717, 1.165) is 25.9 Å². The number of nitrogens with zero attached hydrogens (tertiary/aromatic N) is 2. The van der Waals surface area contributed by atoms with Crippen LogP contribution < -0.4 is 30.5 Å². The van der Waals surface area contributed by atoms with Crippen molar-refractivity contribution < 1.29 is 29.1 Å². The molecule has 0 bridgehead atoms. The van der Waals surface area contributed by atoms with Crippen LogP contribution >= 0.6 is 0 Å². The van der Waals surface area contributed by atoms with Crippen molar-refractivity contribution in [1.82, 2.24) is 0 Å². The third kappa shape index (κ3) is 9.19. The van der Waals surface area contributed by atoms with Crippen molar-refractivity contribution in [2.24, 2.45) is 0 Å². The standard InChI is InChI=1S/C30H21NO2Se2Si.C19H17NOSeSi.C11H6O2Se.C2H6O/c1-36(2)26-9-5-3-7-23(26)31(24-8-4-6-10-27(24)36)28-12-11-19(35-28)16-22-29(32)20-15-18-13-14-34-25(18)17-21(20)30(22)33;1-23(2)17-9-5-3-7-15(17)20(16-8-4-6-10-18(16)23)19-12-11-14(13-21)22-19;12-9-5-10(13)8-4-11-6(1-2-14-11)3-7(8)9;1-2-3/h3-17H,1-2H3;3-13H,1-2H3;1-4H,5H2;3H,2H2,1H3/b22-16-;;;. The van der Waals surface area contributed by atoms with Crippen LogP contribution in [0.25, 0.3) is 25.4 Å². The maximum absolute atomic E-state index is 13.2. The molecule has 2 aliphatic carbocycles. The molecule has 0 atom stereocenters. The van der Waals surface area contributed by atoms with Gasteiger partial charge in [0.05, 0.1) is 0 Å². The minimum atomic E-state index is -1.82. The Bertz CT molecular complexity index is 3830. The van der Waals surface area contributed by atoms with E-state index in [1.54, 1.807) is 6.92 Å². The van der Waals surface area contributed by atoms with Crippen molar-refractivity contribution >= 4 is 182 Å². The van der Waals surface area contributed by atoms with Gasteiger partial charge in [-0.25, -0.2) is 0 Å². The zero-order valence-electron chi connectivity index (χ0n) is 42.3. The van der Waals surface area contributed by atoms with Crippen molar-refractivity contribution in [3.05, 3.63) is 204 Å². The summed E-state index contributed by atoms with van der Waals surface area (Å²) in [5, 5.41) is 15.6. The number of rotatable bonds is 4. The number of carbonyl (C=O) groups is 5. The number of ketones is 4. The van der Waals surface area contributed by atoms with Crippen LogP contribution in [0.1, 0.15) is 68.4 Å². The van der Waals surface area contributed by atoms with Crippen molar-refractivity contribution in [2.45, 2.75) is 39.5 Å². The molecule has 0 saturated heterocycles. The normalized spacial score (nSPS) is 15.6. The Morgan fingerprint density at radius 1 is 0.500 bits per heavy atom. The number of aliphatic hydroxyl groups is 1. The number of para-hydroxylation sites is 4. The van der Waals surface area contributed by atoms with E-state index in [9.17, 15) is 24.0 Å². The second-order valence-corrected chi connectivity index (χ2v) is 36.9. The van der Waals surface area contributed by atoms with Crippen LogP contribution in [-0.4, -0.2) is 115 Å². The summed E-state index contributed by atoms with van der Waals surface area (Å²) >= 11 is 0.634.